The van der Waals surface area contributed by atoms with Crippen molar-refractivity contribution >= 4 is 17.5 Å². The zero-order chi connectivity index (χ0) is 16.3. The Morgan fingerprint density at radius 3 is 2.82 bits per heavy atom. The molecular formula is C17H24ClFN2O. The molecule has 3 N–H and O–H groups in total. The van der Waals surface area contributed by atoms with E-state index in [-0.39, 0.29) is 29.0 Å². The van der Waals surface area contributed by atoms with Gasteiger partial charge in [-0.25, -0.2) is 4.39 Å². The predicted molar refractivity (Wildman–Crippen MR) is 87.3 cm³/mol. The topological polar surface area (TPSA) is 55.1 Å². The molecule has 1 fully saturated rings. The van der Waals surface area contributed by atoms with Gasteiger partial charge in [-0.15, -0.1) is 0 Å². The van der Waals surface area contributed by atoms with E-state index in [2.05, 4.69) is 5.32 Å². The predicted octanol–water partition coefficient (Wildman–Crippen LogP) is 3.25. The Hall–Kier alpha value is -1.13. The van der Waals surface area contributed by atoms with E-state index in [1.807, 2.05) is 13.8 Å². The van der Waals surface area contributed by atoms with E-state index in [0.717, 1.165) is 24.8 Å². The van der Waals surface area contributed by atoms with E-state index >= 15 is 0 Å². The van der Waals surface area contributed by atoms with E-state index in [1.54, 1.807) is 6.07 Å². The van der Waals surface area contributed by atoms with Gasteiger partial charge in [-0.2, -0.15) is 0 Å². The maximum absolute atomic E-state index is 13.2. The van der Waals surface area contributed by atoms with Crippen molar-refractivity contribution in [1.82, 2.24) is 5.32 Å². The van der Waals surface area contributed by atoms with Crippen LogP contribution in [0.3, 0.4) is 0 Å². The van der Waals surface area contributed by atoms with Crippen LogP contribution >= 0.6 is 11.6 Å². The molecule has 2 rings (SSSR count). The first-order valence-electron chi connectivity index (χ1n) is 7.78. The molecule has 0 aliphatic heterocycles. The van der Waals surface area contributed by atoms with Crippen molar-refractivity contribution in [1.29, 1.82) is 0 Å². The molecule has 1 aliphatic rings. The Morgan fingerprint density at radius 1 is 1.45 bits per heavy atom. The minimum atomic E-state index is -0.364. The molecule has 0 radical (unpaired) electrons. The van der Waals surface area contributed by atoms with E-state index in [9.17, 15) is 9.18 Å². The van der Waals surface area contributed by atoms with Crippen LogP contribution in [0.4, 0.5) is 4.39 Å². The molecule has 2 atom stereocenters. The van der Waals surface area contributed by atoms with Crippen LogP contribution in [0, 0.1) is 17.7 Å². The number of amides is 1. The van der Waals surface area contributed by atoms with E-state index < -0.39 is 0 Å². The number of rotatable bonds is 5. The van der Waals surface area contributed by atoms with Gasteiger partial charge in [-0.3, -0.25) is 4.79 Å². The Labute approximate surface area is 136 Å². The molecule has 0 aromatic heterocycles. The normalized spacial score (nSPS) is 21.9. The van der Waals surface area contributed by atoms with E-state index in [4.69, 9.17) is 17.3 Å². The number of nitrogens with one attached hydrogen (secondary N) is 1. The van der Waals surface area contributed by atoms with Crippen molar-refractivity contribution in [3.8, 4) is 0 Å². The second kappa shape index (κ2) is 6.97. The molecule has 0 unspecified atom stereocenters. The van der Waals surface area contributed by atoms with Crippen LogP contribution < -0.4 is 11.1 Å². The summed E-state index contributed by atoms with van der Waals surface area (Å²) in [5.74, 6) is 0.0200. The SMILES string of the molecule is CC(C)(CNC(=O)[C@@H]1CCC[C@@H]1CN)c1ccc(F)cc1Cl. The monoisotopic (exact) mass is 326 g/mol. The second-order valence-electron chi connectivity index (χ2n) is 6.76. The van der Waals surface area contributed by atoms with Crippen molar-refractivity contribution in [2.45, 2.75) is 38.5 Å². The van der Waals surface area contributed by atoms with Gasteiger partial charge in [0.2, 0.25) is 5.91 Å². The molecule has 3 nitrogen and oxygen atoms in total. The summed E-state index contributed by atoms with van der Waals surface area (Å²) in [5, 5.41) is 3.41. The fourth-order valence-electron chi connectivity index (χ4n) is 3.24. The van der Waals surface area contributed by atoms with Crippen LogP contribution in [0.15, 0.2) is 18.2 Å². The first-order chi connectivity index (χ1) is 10.3. The number of hydrogen-bond donors (Lipinski definition) is 2. The summed E-state index contributed by atoms with van der Waals surface area (Å²) in [6.45, 7) is 5.00. The standard InChI is InChI=1S/C17H24ClFN2O/c1-17(2,14-7-6-12(19)8-15(14)18)10-21-16(22)13-5-3-4-11(13)9-20/h6-8,11,13H,3-5,9-10,20H2,1-2H3,(H,21,22)/t11-,13-/m1/s1. The highest BCUT2D eigenvalue weighted by Crippen LogP contribution is 2.32. The van der Waals surface area contributed by atoms with E-state index in [1.165, 1.54) is 12.1 Å². The lowest BCUT2D eigenvalue weighted by Gasteiger charge is -2.28. The van der Waals surface area contributed by atoms with Crippen molar-refractivity contribution in [3.05, 3.63) is 34.6 Å². The summed E-state index contributed by atoms with van der Waals surface area (Å²) < 4.78 is 13.2. The molecular weight excluding hydrogens is 303 g/mol. The third kappa shape index (κ3) is 3.79. The number of carbonyl (C=O) groups is 1. The van der Waals surface area contributed by atoms with Gasteiger partial charge in [0, 0.05) is 22.9 Å². The van der Waals surface area contributed by atoms with Gasteiger partial charge in [0.25, 0.3) is 0 Å². The van der Waals surface area contributed by atoms with Crippen LogP contribution in [-0.2, 0) is 10.2 Å². The molecule has 122 valence electrons. The molecule has 5 heteroatoms. The largest absolute Gasteiger partial charge is 0.355 e. The summed E-state index contributed by atoms with van der Waals surface area (Å²) in [7, 11) is 0. The van der Waals surface area contributed by atoms with Crippen LogP contribution in [0.5, 0.6) is 0 Å². The third-order valence-corrected chi connectivity index (χ3v) is 4.98. The fourth-order valence-corrected chi connectivity index (χ4v) is 3.66. The summed E-state index contributed by atoms with van der Waals surface area (Å²) in [6.07, 6.45) is 3.00. The lowest BCUT2D eigenvalue weighted by molar-refractivity contribution is -0.126. The Kier molecular flexibility index (Phi) is 5.45. The van der Waals surface area contributed by atoms with Crippen molar-refractivity contribution in [3.63, 3.8) is 0 Å². The minimum Gasteiger partial charge on any atom is -0.355 e. The Morgan fingerprint density at radius 2 is 2.18 bits per heavy atom. The highest BCUT2D eigenvalue weighted by atomic mass is 35.5. The Balaban J connectivity index is 2.01. The highest BCUT2D eigenvalue weighted by molar-refractivity contribution is 6.31. The van der Waals surface area contributed by atoms with Crippen LogP contribution in [0.25, 0.3) is 0 Å². The van der Waals surface area contributed by atoms with E-state index in [0.29, 0.717) is 18.1 Å². The Bertz CT molecular complexity index is 547. The summed E-state index contributed by atoms with van der Waals surface area (Å²) in [5.41, 5.74) is 6.20. The maximum Gasteiger partial charge on any atom is 0.223 e. The van der Waals surface area contributed by atoms with Crippen LogP contribution in [0.1, 0.15) is 38.7 Å². The molecule has 0 heterocycles. The number of nitrogens with two attached hydrogens (primary N) is 1. The lowest BCUT2D eigenvalue weighted by atomic mass is 9.84. The average molecular weight is 327 g/mol. The zero-order valence-electron chi connectivity index (χ0n) is 13.2. The lowest BCUT2D eigenvalue weighted by Crippen LogP contribution is -2.41. The summed E-state index contributed by atoms with van der Waals surface area (Å²) in [6, 6.07) is 4.39. The summed E-state index contributed by atoms with van der Waals surface area (Å²) in [4.78, 5) is 12.4. The number of benzene rings is 1. The quantitative estimate of drug-likeness (QED) is 0.872. The molecule has 1 aromatic rings. The van der Waals surface area contributed by atoms with Gasteiger partial charge in [0.1, 0.15) is 5.82 Å². The van der Waals surface area contributed by atoms with Gasteiger partial charge < -0.3 is 11.1 Å². The number of halogens is 2. The van der Waals surface area contributed by atoms with Gasteiger partial charge in [0.05, 0.1) is 0 Å². The average Bonchev–Trinajstić information content (AvgIpc) is 2.93. The number of hydrogen-bond acceptors (Lipinski definition) is 2. The van der Waals surface area contributed by atoms with Gasteiger partial charge >= 0.3 is 0 Å². The summed E-state index contributed by atoms with van der Waals surface area (Å²) >= 11 is 6.13. The highest BCUT2D eigenvalue weighted by Gasteiger charge is 2.33. The van der Waals surface area contributed by atoms with Crippen LogP contribution in [0.2, 0.25) is 5.02 Å². The smallest absolute Gasteiger partial charge is 0.223 e. The molecule has 1 aromatic carbocycles. The number of carbonyl (C=O) groups excluding carboxylic acids is 1. The van der Waals surface area contributed by atoms with Crippen LogP contribution in [-0.4, -0.2) is 19.0 Å². The minimum absolute atomic E-state index is 0.0180. The molecule has 1 aliphatic carbocycles. The van der Waals surface area contributed by atoms with Gasteiger partial charge in [-0.05, 0) is 43.0 Å². The third-order valence-electron chi connectivity index (χ3n) is 4.66. The van der Waals surface area contributed by atoms with Gasteiger partial charge in [-0.1, -0.05) is 37.9 Å². The molecule has 0 bridgehead atoms. The molecule has 22 heavy (non-hydrogen) atoms. The first-order valence-corrected chi connectivity index (χ1v) is 8.16. The van der Waals surface area contributed by atoms with Crippen molar-refractivity contribution in [2.75, 3.05) is 13.1 Å². The molecule has 1 amide bonds. The van der Waals surface area contributed by atoms with Crippen molar-refractivity contribution < 1.29 is 9.18 Å². The molecule has 1 saturated carbocycles. The molecule has 0 saturated heterocycles. The zero-order valence-corrected chi connectivity index (χ0v) is 13.9. The fraction of sp³-hybridized carbons (Fsp3) is 0.588. The first kappa shape index (κ1) is 17.2. The second-order valence-corrected chi connectivity index (χ2v) is 7.17. The maximum atomic E-state index is 13.2. The van der Waals surface area contributed by atoms with Crippen molar-refractivity contribution in [2.24, 2.45) is 17.6 Å². The molecule has 0 spiro atoms. The van der Waals surface area contributed by atoms with Gasteiger partial charge in [0.15, 0.2) is 0 Å².